The number of carbonyl (C=O) groups excluding carboxylic acids is 1. The molecule has 0 saturated carbocycles. The van der Waals surface area contributed by atoms with Crippen molar-refractivity contribution in [1.82, 2.24) is 10.2 Å². The molecule has 30 heavy (non-hydrogen) atoms. The minimum atomic E-state index is -1.54. The van der Waals surface area contributed by atoms with Gasteiger partial charge >= 0.3 is 6.09 Å². The molecule has 2 rings (SSSR count). The summed E-state index contributed by atoms with van der Waals surface area (Å²) in [6.45, 7) is 9.20. The Bertz CT molecular complexity index is 789. The standard InChI is InChI=1S/C21H30Cl2N2O5/c1-20(2,3)17-11-25(19(27)28)10-13(12-6-7-14(22)15(23)8-12)16(30-17)9-24-18(26)21(4,5)29/h6-8,13,16-17,29H,9-11H2,1-5H3,(H,24,26)(H,27,28)/t13-,16+,17-/m1/s1. The number of halogens is 2. The first kappa shape index (κ1) is 24.7. The lowest BCUT2D eigenvalue weighted by atomic mass is 9.88. The third-order valence-electron chi connectivity index (χ3n) is 5.22. The van der Waals surface area contributed by atoms with Gasteiger partial charge in [-0.25, -0.2) is 4.79 Å². The summed E-state index contributed by atoms with van der Waals surface area (Å²) in [4.78, 5) is 25.5. The third-order valence-corrected chi connectivity index (χ3v) is 5.96. The van der Waals surface area contributed by atoms with Crippen molar-refractivity contribution in [1.29, 1.82) is 0 Å². The summed E-state index contributed by atoms with van der Waals surface area (Å²) in [5.41, 5.74) is -1.12. The van der Waals surface area contributed by atoms with Crippen LogP contribution in [-0.2, 0) is 9.53 Å². The van der Waals surface area contributed by atoms with Crippen LogP contribution in [0.15, 0.2) is 18.2 Å². The zero-order valence-electron chi connectivity index (χ0n) is 17.9. The van der Waals surface area contributed by atoms with Crippen LogP contribution >= 0.6 is 23.2 Å². The maximum absolute atomic E-state index is 12.2. The molecule has 9 heteroatoms. The predicted octanol–water partition coefficient (Wildman–Crippen LogP) is 3.76. The molecule has 0 aliphatic carbocycles. The lowest BCUT2D eigenvalue weighted by Crippen LogP contribution is -2.47. The number of aliphatic hydroxyl groups is 1. The zero-order chi connectivity index (χ0) is 22.9. The van der Waals surface area contributed by atoms with Gasteiger partial charge in [0.05, 0.1) is 28.8 Å². The fraction of sp³-hybridized carbons (Fsp3) is 0.619. The van der Waals surface area contributed by atoms with Crippen molar-refractivity contribution in [2.45, 2.75) is 58.3 Å². The van der Waals surface area contributed by atoms with Gasteiger partial charge < -0.3 is 25.2 Å². The van der Waals surface area contributed by atoms with Crippen LogP contribution in [0.5, 0.6) is 0 Å². The van der Waals surface area contributed by atoms with Gasteiger partial charge in [0, 0.05) is 19.0 Å². The minimum Gasteiger partial charge on any atom is -0.465 e. The van der Waals surface area contributed by atoms with Crippen molar-refractivity contribution in [2.75, 3.05) is 19.6 Å². The maximum Gasteiger partial charge on any atom is 0.407 e. The highest BCUT2D eigenvalue weighted by molar-refractivity contribution is 6.42. The Morgan fingerprint density at radius 3 is 2.30 bits per heavy atom. The highest BCUT2D eigenvalue weighted by Crippen LogP contribution is 2.35. The first-order valence-electron chi connectivity index (χ1n) is 9.79. The van der Waals surface area contributed by atoms with Crippen LogP contribution < -0.4 is 5.32 Å². The van der Waals surface area contributed by atoms with Gasteiger partial charge in [-0.15, -0.1) is 0 Å². The second-order valence-electron chi connectivity index (χ2n) is 9.27. The highest BCUT2D eigenvalue weighted by Gasteiger charge is 2.40. The second-order valence-corrected chi connectivity index (χ2v) is 10.1. The molecule has 7 nitrogen and oxygen atoms in total. The van der Waals surface area contributed by atoms with Gasteiger partial charge in [-0.1, -0.05) is 50.0 Å². The molecule has 0 aromatic heterocycles. The number of hydrogen-bond donors (Lipinski definition) is 3. The normalized spacial score (nSPS) is 23.1. The second kappa shape index (κ2) is 9.30. The lowest BCUT2D eigenvalue weighted by Gasteiger charge is -2.34. The van der Waals surface area contributed by atoms with E-state index in [1.165, 1.54) is 18.7 Å². The van der Waals surface area contributed by atoms with Gasteiger partial charge in [0.1, 0.15) is 5.60 Å². The Kier molecular flexibility index (Phi) is 7.67. The maximum atomic E-state index is 12.2. The van der Waals surface area contributed by atoms with Crippen molar-refractivity contribution >= 4 is 35.2 Å². The van der Waals surface area contributed by atoms with Gasteiger partial charge in [-0.05, 0) is 37.0 Å². The Balaban J connectivity index is 2.43. The molecule has 3 N–H and O–H groups in total. The molecule has 0 radical (unpaired) electrons. The van der Waals surface area contributed by atoms with Crippen molar-refractivity contribution in [3.63, 3.8) is 0 Å². The zero-order valence-corrected chi connectivity index (χ0v) is 19.4. The monoisotopic (exact) mass is 460 g/mol. The number of carbonyl (C=O) groups is 2. The van der Waals surface area contributed by atoms with Crippen LogP contribution in [0, 0.1) is 5.41 Å². The van der Waals surface area contributed by atoms with Gasteiger partial charge in [-0.2, -0.15) is 0 Å². The summed E-state index contributed by atoms with van der Waals surface area (Å²) in [5.74, 6) is -0.934. The number of benzene rings is 1. The average Bonchev–Trinajstić information content (AvgIpc) is 2.81. The summed E-state index contributed by atoms with van der Waals surface area (Å²) in [6.07, 6.45) is -1.98. The molecule has 168 valence electrons. The average molecular weight is 461 g/mol. The molecule has 1 aliphatic rings. The molecule has 1 heterocycles. The molecular weight excluding hydrogens is 431 g/mol. The number of hydrogen-bond acceptors (Lipinski definition) is 4. The molecule has 1 aliphatic heterocycles. The van der Waals surface area contributed by atoms with E-state index in [0.29, 0.717) is 10.0 Å². The van der Waals surface area contributed by atoms with E-state index in [4.69, 9.17) is 27.9 Å². The van der Waals surface area contributed by atoms with Crippen molar-refractivity contribution in [3.05, 3.63) is 33.8 Å². The number of nitrogens with zero attached hydrogens (tertiary/aromatic N) is 1. The van der Waals surface area contributed by atoms with E-state index in [1.807, 2.05) is 20.8 Å². The summed E-state index contributed by atoms with van der Waals surface area (Å²) >= 11 is 12.3. The van der Waals surface area contributed by atoms with Crippen LogP contribution in [0.1, 0.15) is 46.1 Å². The van der Waals surface area contributed by atoms with Crippen LogP contribution in [0.2, 0.25) is 10.0 Å². The smallest absolute Gasteiger partial charge is 0.407 e. The Labute approximate surface area is 187 Å². The molecule has 0 spiro atoms. The number of carboxylic acid groups (broad SMARTS) is 1. The fourth-order valence-corrected chi connectivity index (χ4v) is 3.58. The first-order chi connectivity index (χ1) is 13.7. The quantitative estimate of drug-likeness (QED) is 0.634. The molecule has 3 atom stereocenters. The van der Waals surface area contributed by atoms with E-state index in [1.54, 1.807) is 18.2 Å². The van der Waals surface area contributed by atoms with E-state index in [0.717, 1.165) is 5.56 Å². The molecule has 1 aromatic carbocycles. The van der Waals surface area contributed by atoms with Crippen LogP contribution in [0.3, 0.4) is 0 Å². The minimum absolute atomic E-state index is 0.105. The van der Waals surface area contributed by atoms with Gasteiger partial charge in [0.25, 0.3) is 5.91 Å². The third kappa shape index (κ3) is 6.23. The Morgan fingerprint density at radius 1 is 1.17 bits per heavy atom. The number of amides is 2. The van der Waals surface area contributed by atoms with Gasteiger partial charge in [-0.3, -0.25) is 4.79 Å². The molecule has 2 amide bonds. The molecule has 0 unspecified atom stereocenters. The molecule has 1 saturated heterocycles. The molecule has 1 aromatic rings. The van der Waals surface area contributed by atoms with E-state index < -0.39 is 35.7 Å². The van der Waals surface area contributed by atoms with E-state index in [-0.39, 0.29) is 25.0 Å². The largest absolute Gasteiger partial charge is 0.465 e. The first-order valence-corrected chi connectivity index (χ1v) is 10.5. The summed E-state index contributed by atoms with van der Waals surface area (Å²) in [5, 5.41) is 23.2. The van der Waals surface area contributed by atoms with E-state index in [2.05, 4.69) is 5.32 Å². The van der Waals surface area contributed by atoms with Crippen molar-refractivity contribution in [2.24, 2.45) is 5.41 Å². The predicted molar refractivity (Wildman–Crippen MR) is 116 cm³/mol. The van der Waals surface area contributed by atoms with Crippen LogP contribution in [-0.4, -0.2) is 64.6 Å². The molecule has 0 bridgehead atoms. The molecular formula is C21H30Cl2N2O5. The summed E-state index contributed by atoms with van der Waals surface area (Å²) in [7, 11) is 0. The Morgan fingerprint density at radius 2 is 1.80 bits per heavy atom. The number of ether oxygens (including phenoxy) is 1. The van der Waals surface area contributed by atoms with Gasteiger partial charge in [0.2, 0.25) is 0 Å². The fourth-order valence-electron chi connectivity index (χ4n) is 3.28. The van der Waals surface area contributed by atoms with Crippen molar-refractivity contribution < 1.29 is 24.5 Å². The van der Waals surface area contributed by atoms with Crippen molar-refractivity contribution in [3.8, 4) is 0 Å². The SMILES string of the molecule is CC(C)(O)C(=O)NC[C@@H]1O[C@@H](C(C)(C)C)CN(C(=O)O)C[C@@H]1c1ccc(Cl)c(Cl)c1. The van der Waals surface area contributed by atoms with Crippen LogP contribution in [0.25, 0.3) is 0 Å². The highest BCUT2D eigenvalue weighted by atomic mass is 35.5. The van der Waals surface area contributed by atoms with Crippen LogP contribution in [0.4, 0.5) is 4.79 Å². The van der Waals surface area contributed by atoms with E-state index in [9.17, 15) is 19.8 Å². The molecule has 1 fully saturated rings. The topological polar surface area (TPSA) is 99.1 Å². The Hall–Kier alpha value is -1.54. The summed E-state index contributed by atoms with van der Waals surface area (Å²) in [6, 6.07) is 5.13. The van der Waals surface area contributed by atoms with E-state index >= 15 is 0 Å². The number of rotatable bonds is 4. The lowest BCUT2D eigenvalue weighted by molar-refractivity contribution is -0.137. The summed E-state index contributed by atoms with van der Waals surface area (Å²) < 4.78 is 6.38. The number of nitrogens with one attached hydrogen (secondary N) is 1. The van der Waals surface area contributed by atoms with Gasteiger partial charge in [0.15, 0.2) is 0 Å².